The summed E-state index contributed by atoms with van der Waals surface area (Å²) in [5.74, 6) is 0.380. The van der Waals surface area contributed by atoms with Crippen molar-refractivity contribution in [2.45, 2.75) is 40.5 Å². The third kappa shape index (κ3) is 11.5. The van der Waals surface area contributed by atoms with Crippen molar-refractivity contribution >= 4 is 16.1 Å². The molecule has 0 amide bonds. The highest BCUT2D eigenvalue weighted by molar-refractivity contribution is 7.86. The summed E-state index contributed by atoms with van der Waals surface area (Å²) in [4.78, 5) is 16.5. The number of hydrogen-bond acceptors (Lipinski definition) is 6. The van der Waals surface area contributed by atoms with Gasteiger partial charge in [-0.3, -0.25) is 4.79 Å². The Bertz CT molecular complexity index is 487. The summed E-state index contributed by atoms with van der Waals surface area (Å²) in [6, 6.07) is 0. The van der Waals surface area contributed by atoms with Gasteiger partial charge < -0.3 is 9.22 Å². The van der Waals surface area contributed by atoms with Gasteiger partial charge in [0.25, 0.3) is 10.1 Å². The lowest BCUT2D eigenvalue weighted by molar-refractivity contribution is -0.890. The third-order valence-electron chi connectivity index (χ3n) is 4.10. The molecule has 0 spiro atoms. The molecule has 0 aliphatic heterocycles. The first-order chi connectivity index (χ1) is 11.4. The van der Waals surface area contributed by atoms with E-state index in [1.165, 1.54) is 0 Å². The number of likely N-dealkylation sites (N-methyl/N-ethyl adjacent to an activating group) is 1. The summed E-state index contributed by atoms with van der Waals surface area (Å²) in [7, 11) is 1.48. The van der Waals surface area contributed by atoms with Gasteiger partial charge in [-0.25, -0.2) is 4.89 Å². The van der Waals surface area contributed by atoms with E-state index in [9.17, 15) is 13.2 Å². The van der Waals surface area contributed by atoms with Crippen molar-refractivity contribution in [1.82, 2.24) is 0 Å². The van der Waals surface area contributed by atoms with Gasteiger partial charge in [-0.1, -0.05) is 27.7 Å². The number of rotatable bonds is 13. The molecule has 0 aliphatic carbocycles. The Morgan fingerprint density at radius 3 is 2.16 bits per heavy atom. The molecule has 25 heavy (non-hydrogen) atoms. The van der Waals surface area contributed by atoms with Crippen LogP contribution in [0.3, 0.4) is 0 Å². The van der Waals surface area contributed by atoms with E-state index in [0.29, 0.717) is 36.5 Å². The number of carbonyl (C=O) groups excluding carboxylic acids is 1. The molecule has 0 aromatic rings. The van der Waals surface area contributed by atoms with E-state index >= 15 is 0 Å². The van der Waals surface area contributed by atoms with Crippen LogP contribution in [0.25, 0.3) is 0 Å². The Balaban J connectivity index is 4.29. The first-order valence-electron chi connectivity index (χ1n) is 8.84. The second kappa shape index (κ2) is 11.1. The smallest absolute Gasteiger partial charge is 0.309 e. The largest absolute Gasteiger partial charge is 0.459 e. The molecule has 8 heteroatoms. The molecule has 0 rings (SSSR count). The highest BCUT2D eigenvalue weighted by atomic mass is 32.2. The zero-order valence-electron chi connectivity index (χ0n) is 16.8. The monoisotopic (exact) mass is 382 g/mol. The zero-order chi connectivity index (χ0) is 19.7. The minimum Gasteiger partial charge on any atom is -0.459 e. The van der Waals surface area contributed by atoms with Gasteiger partial charge in [0.15, 0.2) is 0 Å². The van der Waals surface area contributed by atoms with Crippen molar-refractivity contribution < 1.29 is 31.7 Å². The van der Waals surface area contributed by atoms with Gasteiger partial charge >= 0.3 is 5.97 Å². The van der Waals surface area contributed by atoms with E-state index in [2.05, 4.69) is 23.1 Å². The number of quaternary nitrogens is 1. The van der Waals surface area contributed by atoms with Crippen LogP contribution >= 0.6 is 0 Å². The SMILES string of the molecule is COOS(=O)(=O)CCC[N+](C)(C)CCOC(=O)C(CC(C)C)C(C)C. The Morgan fingerprint density at radius 2 is 1.68 bits per heavy atom. The summed E-state index contributed by atoms with van der Waals surface area (Å²) >= 11 is 0. The van der Waals surface area contributed by atoms with Gasteiger partial charge in [0.05, 0.1) is 39.4 Å². The molecule has 0 heterocycles. The van der Waals surface area contributed by atoms with Crippen LogP contribution in [0.15, 0.2) is 0 Å². The van der Waals surface area contributed by atoms with Crippen LogP contribution in [0, 0.1) is 17.8 Å². The van der Waals surface area contributed by atoms with E-state index in [4.69, 9.17) is 4.74 Å². The molecule has 1 atom stereocenters. The number of esters is 1. The Hall–Kier alpha value is -0.700. The maximum absolute atomic E-state index is 12.3. The number of ether oxygens (including phenoxy) is 1. The van der Waals surface area contributed by atoms with E-state index in [0.717, 1.165) is 13.5 Å². The summed E-state index contributed by atoms with van der Waals surface area (Å²) < 4.78 is 33.1. The zero-order valence-corrected chi connectivity index (χ0v) is 17.6. The first-order valence-corrected chi connectivity index (χ1v) is 10.4. The fourth-order valence-corrected chi connectivity index (χ4v) is 3.33. The number of nitrogens with zero attached hydrogens (tertiary/aromatic N) is 1. The molecule has 1 unspecified atom stereocenters. The lowest BCUT2D eigenvalue weighted by atomic mass is 9.88. The van der Waals surface area contributed by atoms with Crippen molar-refractivity contribution in [3.8, 4) is 0 Å². The van der Waals surface area contributed by atoms with E-state index in [1.807, 2.05) is 27.9 Å². The minimum atomic E-state index is -3.64. The molecule has 7 nitrogen and oxygen atoms in total. The van der Waals surface area contributed by atoms with Crippen LogP contribution in [-0.2, 0) is 28.9 Å². The van der Waals surface area contributed by atoms with Gasteiger partial charge in [-0.05, 0) is 18.3 Å². The molecule has 0 aromatic heterocycles. The van der Waals surface area contributed by atoms with Crippen LogP contribution in [0.1, 0.15) is 40.5 Å². The molecular formula is C17H36NO6S+. The van der Waals surface area contributed by atoms with Crippen molar-refractivity contribution in [3.05, 3.63) is 0 Å². The van der Waals surface area contributed by atoms with Crippen molar-refractivity contribution in [2.75, 3.05) is 46.7 Å². The predicted octanol–water partition coefficient (Wildman–Crippen LogP) is 2.22. The fraction of sp³-hybridized carbons (Fsp3) is 0.941. The molecule has 0 aliphatic rings. The minimum absolute atomic E-state index is 0.0769. The quantitative estimate of drug-likeness (QED) is 0.210. The molecule has 0 aromatic carbocycles. The van der Waals surface area contributed by atoms with E-state index < -0.39 is 10.1 Å². The van der Waals surface area contributed by atoms with Crippen LogP contribution in [0.2, 0.25) is 0 Å². The maximum Gasteiger partial charge on any atom is 0.309 e. The van der Waals surface area contributed by atoms with Crippen molar-refractivity contribution in [1.29, 1.82) is 0 Å². The second-order valence-corrected chi connectivity index (χ2v) is 9.54. The summed E-state index contributed by atoms with van der Waals surface area (Å²) in [6.45, 7) is 9.86. The average Bonchev–Trinajstić information content (AvgIpc) is 2.43. The van der Waals surface area contributed by atoms with Crippen LogP contribution in [-0.4, -0.2) is 65.5 Å². The second-order valence-electron chi connectivity index (χ2n) is 7.88. The predicted molar refractivity (Wildman–Crippen MR) is 97.1 cm³/mol. The molecular weight excluding hydrogens is 346 g/mol. The molecule has 0 bridgehead atoms. The first kappa shape index (κ1) is 24.3. The average molecular weight is 383 g/mol. The third-order valence-corrected chi connectivity index (χ3v) is 5.24. The van der Waals surface area contributed by atoms with E-state index in [1.54, 1.807) is 0 Å². The number of hydrogen-bond donors (Lipinski definition) is 0. The highest BCUT2D eigenvalue weighted by Gasteiger charge is 2.26. The Kier molecular flexibility index (Phi) is 10.8. The lowest BCUT2D eigenvalue weighted by Crippen LogP contribution is -2.44. The van der Waals surface area contributed by atoms with Crippen molar-refractivity contribution in [2.24, 2.45) is 17.8 Å². The molecule has 0 radical (unpaired) electrons. The van der Waals surface area contributed by atoms with Gasteiger partial charge in [0, 0.05) is 6.42 Å². The Morgan fingerprint density at radius 1 is 1.08 bits per heavy atom. The molecule has 0 fully saturated rings. The van der Waals surface area contributed by atoms with Crippen LogP contribution in [0.5, 0.6) is 0 Å². The topological polar surface area (TPSA) is 78.9 Å². The summed E-state index contributed by atoms with van der Waals surface area (Å²) in [5.41, 5.74) is 0. The van der Waals surface area contributed by atoms with Gasteiger partial charge in [0.1, 0.15) is 13.2 Å². The molecule has 0 N–H and O–H groups in total. The fourth-order valence-electron chi connectivity index (χ4n) is 2.57. The molecule has 150 valence electrons. The van der Waals surface area contributed by atoms with E-state index in [-0.39, 0.29) is 23.6 Å². The normalized spacial score (nSPS) is 14.1. The van der Waals surface area contributed by atoms with Gasteiger partial charge in [-0.15, -0.1) is 4.33 Å². The standard InChI is InChI=1S/C17H36NO6S/c1-14(2)13-16(15(3)4)17(19)23-11-10-18(5,6)9-8-12-25(20,21)24-22-7/h14-16H,8-13H2,1-7H3/q+1. The summed E-state index contributed by atoms with van der Waals surface area (Å²) in [5, 5.41) is 0. The van der Waals surface area contributed by atoms with Crippen LogP contribution in [0.4, 0.5) is 0 Å². The van der Waals surface area contributed by atoms with Gasteiger partial charge in [-0.2, -0.15) is 8.42 Å². The summed E-state index contributed by atoms with van der Waals surface area (Å²) in [6.07, 6.45) is 1.26. The van der Waals surface area contributed by atoms with Gasteiger partial charge in [0.2, 0.25) is 0 Å². The highest BCUT2D eigenvalue weighted by Crippen LogP contribution is 2.21. The lowest BCUT2D eigenvalue weighted by Gasteiger charge is -2.30. The molecule has 0 saturated heterocycles. The maximum atomic E-state index is 12.3. The van der Waals surface area contributed by atoms with Crippen molar-refractivity contribution in [3.63, 3.8) is 0 Å². The number of carbonyl (C=O) groups is 1. The Labute approximate surface area is 153 Å². The molecule has 0 saturated carbocycles. The van der Waals surface area contributed by atoms with Crippen LogP contribution < -0.4 is 0 Å².